The van der Waals surface area contributed by atoms with Crippen LogP contribution in [0.15, 0.2) is 48.5 Å². The maximum Gasteiger partial charge on any atom is 0.408 e. The van der Waals surface area contributed by atoms with Crippen LogP contribution >= 0.6 is 0 Å². The summed E-state index contributed by atoms with van der Waals surface area (Å²) in [6.45, 7) is 9.45. The molecule has 0 aromatic heterocycles. The molecule has 0 aliphatic heterocycles. The van der Waals surface area contributed by atoms with Gasteiger partial charge in [-0.15, -0.1) is 0 Å². The molecular formula is C33H47N3O5. The molecule has 0 spiro atoms. The number of benzene rings is 2. The van der Waals surface area contributed by atoms with E-state index in [2.05, 4.69) is 10.6 Å². The quantitative estimate of drug-likeness (QED) is 0.312. The molecule has 8 heteroatoms. The van der Waals surface area contributed by atoms with E-state index in [9.17, 15) is 19.5 Å². The van der Waals surface area contributed by atoms with Crippen molar-refractivity contribution in [2.24, 2.45) is 0 Å². The Morgan fingerprint density at radius 2 is 1.73 bits per heavy atom. The first kappa shape index (κ1) is 32.0. The van der Waals surface area contributed by atoms with Gasteiger partial charge in [-0.05, 0) is 75.8 Å². The van der Waals surface area contributed by atoms with Crippen molar-refractivity contribution >= 4 is 17.9 Å². The van der Waals surface area contributed by atoms with Gasteiger partial charge < -0.3 is 25.4 Å². The average molecular weight is 566 g/mol. The fourth-order valence-corrected chi connectivity index (χ4v) is 5.24. The zero-order chi connectivity index (χ0) is 30.0. The van der Waals surface area contributed by atoms with Crippen LogP contribution in [0, 0.1) is 6.92 Å². The summed E-state index contributed by atoms with van der Waals surface area (Å²) in [6, 6.07) is 12.7. The molecule has 2 unspecified atom stereocenters. The van der Waals surface area contributed by atoms with Crippen molar-refractivity contribution in [1.82, 2.24) is 15.5 Å². The molecule has 3 N–H and O–H groups in total. The van der Waals surface area contributed by atoms with Crippen LogP contribution in [0.1, 0.15) is 95.4 Å². The number of ether oxygens (including phenoxy) is 1. The molecular weight excluding hydrogens is 518 g/mol. The van der Waals surface area contributed by atoms with Crippen molar-refractivity contribution in [2.45, 2.75) is 110 Å². The van der Waals surface area contributed by atoms with Gasteiger partial charge >= 0.3 is 6.09 Å². The first-order valence-corrected chi connectivity index (χ1v) is 14.9. The van der Waals surface area contributed by atoms with Gasteiger partial charge in [-0.1, -0.05) is 69.0 Å². The maximum absolute atomic E-state index is 14.4. The van der Waals surface area contributed by atoms with Gasteiger partial charge in [0.1, 0.15) is 23.4 Å². The van der Waals surface area contributed by atoms with E-state index in [1.165, 1.54) is 0 Å². The first-order chi connectivity index (χ1) is 19.5. The van der Waals surface area contributed by atoms with E-state index >= 15 is 0 Å². The number of phenols is 1. The van der Waals surface area contributed by atoms with Gasteiger partial charge in [-0.3, -0.25) is 9.59 Å². The number of hydrogen-bond donors (Lipinski definition) is 3. The Balaban J connectivity index is 2.02. The number of carbonyl (C=O) groups excluding carboxylic acids is 3. The molecule has 1 aliphatic rings. The number of unbranched alkanes of at least 4 members (excludes halogenated alkanes) is 1. The number of aromatic hydroxyl groups is 1. The SMILES string of the molecule is CCCCN(C(=O)C(Cc1ccccc1)NC(=O)OC(C)(C)C)C(C(=O)NC1CCCCC1)c1ccc(O)c(C)c1. The summed E-state index contributed by atoms with van der Waals surface area (Å²) < 4.78 is 5.51. The molecule has 1 saturated carbocycles. The highest BCUT2D eigenvalue weighted by Gasteiger charge is 2.37. The van der Waals surface area contributed by atoms with Crippen molar-refractivity contribution in [3.8, 4) is 5.75 Å². The second kappa shape index (κ2) is 14.9. The van der Waals surface area contributed by atoms with Gasteiger partial charge in [0.2, 0.25) is 11.8 Å². The number of carbonyl (C=O) groups is 3. The van der Waals surface area contributed by atoms with E-state index in [1.54, 1.807) is 50.8 Å². The van der Waals surface area contributed by atoms with E-state index in [0.29, 0.717) is 24.1 Å². The van der Waals surface area contributed by atoms with Gasteiger partial charge in [0, 0.05) is 19.0 Å². The van der Waals surface area contributed by atoms with Crippen molar-refractivity contribution in [3.05, 3.63) is 65.2 Å². The van der Waals surface area contributed by atoms with Gasteiger partial charge in [-0.25, -0.2) is 4.79 Å². The second-order valence-electron chi connectivity index (χ2n) is 12.1. The van der Waals surface area contributed by atoms with Gasteiger partial charge in [-0.2, -0.15) is 0 Å². The van der Waals surface area contributed by atoms with Crippen molar-refractivity contribution in [2.75, 3.05) is 6.54 Å². The van der Waals surface area contributed by atoms with Crippen molar-refractivity contribution < 1.29 is 24.2 Å². The lowest BCUT2D eigenvalue weighted by Gasteiger charge is -2.36. The number of rotatable bonds is 11. The van der Waals surface area contributed by atoms with Crippen LogP contribution in [-0.2, 0) is 20.7 Å². The third kappa shape index (κ3) is 9.80. The lowest BCUT2D eigenvalue weighted by Crippen LogP contribution is -2.54. The summed E-state index contributed by atoms with van der Waals surface area (Å²) in [7, 11) is 0. The molecule has 2 atom stereocenters. The normalized spacial score (nSPS) is 15.4. The predicted molar refractivity (Wildman–Crippen MR) is 161 cm³/mol. The number of amides is 3. The summed E-state index contributed by atoms with van der Waals surface area (Å²) in [4.78, 5) is 43.0. The fraction of sp³-hybridized carbons (Fsp3) is 0.545. The minimum absolute atomic E-state index is 0.0556. The largest absolute Gasteiger partial charge is 0.508 e. The minimum Gasteiger partial charge on any atom is -0.508 e. The lowest BCUT2D eigenvalue weighted by atomic mass is 9.94. The zero-order valence-electron chi connectivity index (χ0n) is 25.2. The number of aryl methyl sites for hydroxylation is 1. The van der Waals surface area contributed by atoms with E-state index in [-0.39, 0.29) is 30.0 Å². The molecule has 0 radical (unpaired) electrons. The third-order valence-electron chi connectivity index (χ3n) is 7.36. The Morgan fingerprint density at radius 1 is 1.05 bits per heavy atom. The second-order valence-corrected chi connectivity index (χ2v) is 12.1. The molecule has 0 saturated heterocycles. The standard InChI is InChI=1S/C33H47N3O5/c1-6-7-20-36(31(39)27(22-24-14-10-8-11-15-24)35-32(40)41-33(3,4)5)29(25-18-19-28(37)23(2)21-25)30(38)34-26-16-12-9-13-17-26/h8,10-11,14-15,18-19,21,26-27,29,37H,6-7,9,12-13,16-17,20,22H2,1-5H3,(H,34,38)(H,35,40). The molecule has 0 bridgehead atoms. The Labute approximate surface area is 244 Å². The highest BCUT2D eigenvalue weighted by atomic mass is 16.6. The van der Waals surface area contributed by atoms with Gasteiger partial charge in [0.05, 0.1) is 0 Å². The Hall–Kier alpha value is -3.55. The van der Waals surface area contributed by atoms with Crippen LogP contribution in [0.25, 0.3) is 0 Å². The summed E-state index contributed by atoms with van der Waals surface area (Å²) in [5.74, 6) is -0.481. The number of nitrogens with zero attached hydrogens (tertiary/aromatic N) is 1. The summed E-state index contributed by atoms with van der Waals surface area (Å²) in [6.07, 6.45) is 6.15. The van der Waals surface area contributed by atoms with E-state index in [4.69, 9.17) is 4.74 Å². The third-order valence-corrected chi connectivity index (χ3v) is 7.36. The molecule has 1 aliphatic carbocycles. The highest BCUT2D eigenvalue weighted by molar-refractivity contribution is 5.92. The molecule has 3 rings (SSSR count). The van der Waals surface area contributed by atoms with Gasteiger partial charge in [0.15, 0.2) is 0 Å². The topological polar surface area (TPSA) is 108 Å². The number of alkyl carbamates (subject to hydrolysis) is 1. The van der Waals surface area contributed by atoms with Crippen LogP contribution < -0.4 is 10.6 Å². The Morgan fingerprint density at radius 3 is 2.34 bits per heavy atom. The predicted octanol–water partition coefficient (Wildman–Crippen LogP) is 5.96. The Kier molecular flexibility index (Phi) is 11.6. The van der Waals surface area contributed by atoms with E-state index in [0.717, 1.165) is 44.1 Å². The van der Waals surface area contributed by atoms with Crippen LogP contribution in [0.5, 0.6) is 5.75 Å². The van der Waals surface area contributed by atoms with Gasteiger partial charge in [0.25, 0.3) is 0 Å². The van der Waals surface area contributed by atoms with Crippen LogP contribution in [0.4, 0.5) is 4.79 Å². The lowest BCUT2D eigenvalue weighted by molar-refractivity contribution is -0.143. The molecule has 2 aromatic carbocycles. The summed E-state index contributed by atoms with van der Waals surface area (Å²) in [5, 5.41) is 16.2. The highest BCUT2D eigenvalue weighted by Crippen LogP contribution is 2.29. The molecule has 8 nitrogen and oxygen atoms in total. The number of phenolic OH excluding ortho intramolecular Hbond substituents is 1. The molecule has 3 amide bonds. The number of nitrogens with one attached hydrogen (secondary N) is 2. The average Bonchev–Trinajstić information content (AvgIpc) is 2.92. The van der Waals surface area contributed by atoms with E-state index < -0.39 is 23.8 Å². The zero-order valence-corrected chi connectivity index (χ0v) is 25.2. The minimum atomic E-state index is -0.952. The van der Waals surface area contributed by atoms with Crippen molar-refractivity contribution in [1.29, 1.82) is 0 Å². The van der Waals surface area contributed by atoms with Crippen molar-refractivity contribution in [3.63, 3.8) is 0 Å². The van der Waals surface area contributed by atoms with Crippen LogP contribution in [-0.4, -0.2) is 52.1 Å². The molecule has 41 heavy (non-hydrogen) atoms. The Bertz CT molecular complexity index is 1160. The van der Waals surface area contributed by atoms with Crippen LogP contribution in [0.2, 0.25) is 0 Å². The smallest absolute Gasteiger partial charge is 0.408 e. The van der Waals surface area contributed by atoms with E-state index in [1.807, 2.05) is 37.3 Å². The fourth-order valence-electron chi connectivity index (χ4n) is 5.24. The molecule has 0 heterocycles. The first-order valence-electron chi connectivity index (χ1n) is 14.9. The number of hydrogen-bond acceptors (Lipinski definition) is 5. The molecule has 224 valence electrons. The molecule has 2 aromatic rings. The maximum atomic E-state index is 14.4. The summed E-state index contributed by atoms with van der Waals surface area (Å²) in [5.41, 5.74) is 1.38. The summed E-state index contributed by atoms with van der Waals surface area (Å²) >= 11 is 0. The van der Waals surface area contributed by atoms with Crippen LogP contribution in [0.3, 0.4) is 0 Å². The molecule has 1 fully saturated rings. The monoisotopic (exact) mass is 565 g/mol.